The number of rotatable bonds is 6. The summed E-state index contributed by atoms with van der Waals surface area (Å²) in [5, 5.41) is 10.2. The van der Waals surface area contributed by atoms with Crippen molar-refractivity contribution in [3.8, 4) is 5.75 Å². The van der Waals surface area contributed by atoms with Gasteiger partial charge in [-0.2, -0.15) is 5.10 Å². The fourth-order valence-electron chi connectivity index (χ4n) is 1.72. The second kappa shape index (κ2) is 6.21. The van der Waals surface area contributed by atoms with Gasteiger partial charge in [0.15, 0.2) is 0 Å². The lowest BCUT2D eigenvalue weighted by Crippen LogP contribution is -2.20. The average molecular weight is 245 g/mol. The maximum atomic E-state index is 5.65. The minimum atomic E-state index is 0.667. The Hall–Kier alpha value is -1.81. The van der Waals surface area contributed by atoms with Gasteiger partial charge in [-0.3, -0.25) is 5.10 Å². The van der Waals surface area contributed by atoms with Crippen LogP contribution in [0.25, 0.3) is 0 Å². The summed E-state index contributed by atoms with van der Waals surface area (Å²) in [7, 11) is 0. The molecule has 96 valence electrons. The molecule has 4 heteroatoms. The van der Waals surface area contributed by atoms with E-state index in [1.54, 1.807) is 0 Å². The van der Waals surface area contributed by atoms with Crippen LogP contribution in [0.1, 0.15) is 16.8 Å². The summed E-state index contributed by atoms with van der Waals surface area (Å²) in [4.78, 5) is 0. The molecule has 0 radical (unpaired) electrons. The van der Waals surface area contributed by atoms with Crippen LogP contribution in [0.5, 0.6) is 5.75 Å². The summed E-state index contributed by atoms with van der Waals surface area (Å²) in [6.45, 7) is 6.39. The molecule has 0 amide bonds. The molecule has 0 unspecified atom stereocenters. The summed E-state index contributed by atoms with van der Waals surface area (Å²) in [5.74, 6) is 0.927. The predicted molar refractivity (Wildman–Crippen MR) is 71.7 cm³/mol. The number of nitrogens with zero attached hydrogens (tertiary/aromatic N) is 1. The molecule has 1 aromatic carbocycles. The molecule has 1 aromatic heterocycles. The van der Waals surface area contributed by atoms with E-state index in [1.165, 1.54) is 11.1 Å². The number of aromatic amines is 1. The Labute approximate surface area is 107 Å². The standard InChI is InChI=1S/C14H19N3O/c1-11-4-3-5-14(8-11)18-7-6-15-9-13-10-16-17-12(13)2/h3-5,8,10,15H,6-7,9H2,1-2H3,(H,16,17). The number of H-pyrrole nitrogens is 1. The molecule has 18 heavy (non-hydrogen) atoms. The third-order valence-corrected chi connectivity index (χ3v) is 2.79. The van der Waals surface area contributed by atoms with E-state index in [-0.39, 0.29) is 0 Å². The molecule has 0 spiro atoms. The maximum absolute atomic E-state index is 5.65. The van der Waals surface area contributed by atoms with Crippen molar-refractivity contribution in [3.63, 3.8) is 0 Å². The van der Waals surface area contributed by atoms with Crippen LogP contribution in [-0.4, -0.2) is 23.3 Å². The molecule has 0 aliphatic rings. The number of ether oxygens (including phenoxy) is 1. The van der Waals surface area contributed by atoms with Gasteiger partial charge in [-0.05, 0) is 31.5 Å². The van der Waals surface area contributed by atoms with Crippen molar-refractivity contribution in [2.45, 2.75) is 20.4 Å². The molecular formula is C14H19N3O. The highest BCUT2D eigenvalue weighted by Crippen LogP contribution is 2.11. The van der Waals surface area contributed by atoms with Gasteiger partial charge >= 0.3 is 0 Å². The normalized spacial score (nSPS) is 10.6. The number of hydrogen-bond donors (Lipinski definition) is 2. The number of aryl methyl sites for hydroxylation is 2. The zero-order valence-corrected chi connectivity index (χ0v) is 10.9. The van der Waals surface area contributed by atoms with Gasteiger partial charge in [0, 0.05) is 24.3 Å². The van der Waals surface area contributed by atoms with Gasteiger partial charge in [0.05, 0.1) is 6.20 Å². The van der Waals surface area contributed by atoms with Gasteiger partial charge in [0.2, 0.25) is 0 Å². The largest absolute Gasteiger partial charge is 0.492 e. The van der Waals surface area contributed by atoms with Crippen LogP contribution < -0.4 is 10.1 Å². The fourth-order valence-corrected chi connectivity index (χ4v) is 1.72. The van der Waals surface area contributed by atoms with E-state index in [0.717, 1.165) is 24.5 Å². The summed E-state index contributed by atoms with van der Waals surface area (Å²) >= 11 is 0. The number of benzene rings is 1. The van der Waals surface area contributed by atoms with E-state index < -0.39 is 0 Å². The first-order valence-electron chi connectivity index (χ1n) is 6.15. The van der Waals surface area contributed by atoms with E-state index in [9.17, 15) is 0 Å². The molecule has 2 N–H and O–H groups in total. The lowest BCUT2D eigenvalue weighted by atomic mass is 10.2. The molecule has 0 aliphatic heterocycles. The van der Waals surface area contributed by atoms with Crippen molar-refractivity contribution >= 4 is 0 Å². The molecule has 0 aliphatic carbocycles. The Bertz CT molecular complexity index is 493. The van der Waals surface area contributed by atoms with E-state index in [0.29, 0.717) is 6.61 Å². The number of hydrogen-bond acceptors (Lipinski definition) is 3. The zero-order valence-electron chi connectivity index (χ0n) is 10.9. The highest BCUT2D eigenvalue weighted by molar-refractivity contribution is 5.27. The molecule has 0 saturated heterocycles. The van der Waals surface area contributed by atoms with Crippen molar-refractivity contribution in [3.05, 3.63) is 47.3 Å². The topological polar surface area (TPSA) is 49.9 Å². The first-order valence-corrected chi connectivity index (χ1v) is 6.15. The van der Waals surface area contributed by atoms with Gasteiger partial charge in [0.1, 0.15) is 12.4 Å². The van der Waals surface area contributed by atoms with Crippen LogP contribution in [-0.2, 0) is 6.54 Å². The minimum absolute atomic E-state index is 0.667. The second-order valence-electron chi connectivity index (χ2n) is 4.36. The smallest absolute Gasteiger partial charge is 0.119 e. The third-order valence-electron chi connectivity index (χ3n) is 2.79. The molecule has 0 bridgehead atoms. The van der Waals surface area contributed by atoms with E-state index in [1.807, 2.05) is 31.3 Å². The molecule has 0 atom stereocenters. The summed E-state index contributed by atoms with van der Waals surface area (Å²) in [6.07, 6.45) is 1.85. The second-order valence-corrected chi connectivity index (χ2v) is 4.36. The monoisotopic (exact) mass is 245 g/mol. The van der Waals surface area contributed by atoms with Crippen molar-refractivity contribution in [1.29, 1.82) is 0 Å². The SMILES string of the molecule is Cc1cccc(OCCNCc2cn[nH]c2C)c1. The molecule has 1 heterocycles. The third kappa shape index (κ3) is 3.60. The minimum Gasteiger partial charge on any atom is -0.492 e. The van der Waals surface area contributed by atoms with E-state index >= 15 is 0 Å². The molecule has 2 rings (SSSR count). The van der Waals surface area contributed by atoms with Gasteiger partial charge in [0.25, 0.3) is 0 Å². The van der Waals surface area contributed by atoms with Gasteiger partial charge in [-0.1, -0.05) is 12.1 Å². The van der Waals surface area contributed by atoms with E-state index in [2.05, 4.69) is 28.5 Å². The van der Waals surface area contributed by atoms with Crippen LogP contribution in [0.15, 0.2) is 30.5 Å². The van der Waals surface area contributed by atoms with Crippen molar-refractivity contribution in [2.24, 2.45) is 0 Å². The van der Waals surface area contributed by atoms with E-state index in [4.69, 9.17) is 4.74 Å². The summed E-state index contributed by atoms with van der Waals surface area (Å²) in [5.41, 5.74) is 3.53. The molecule has 4 nitrogen and oxygen atoms in total. The summed E-state index contributed by atoms with van der Waals surface area (Å²) in [6, 6.07) is 8.09. The highest BCUT2D eigenvalue weighted by atomic mass is 16.5. The van der Waals surface area contributed by atoms with Crippen LogP contribution in [0, 0.1) is 13.8 Å². The van der Waals surface area contributed by atoms with Gasteiger partial charge in [-0.25, -0.2) is 0 Å². The summed E-state index contributed by atoms with van der Waals surface area (Å²) < 4.78 is 5.65. The Morgan fingerprint density at radius 3 is 2.94 bits per heavy atom. The molecule has 0 fully saturated rings. The average Bonchev–Trinajstić information content (AvgIpc) is 2.75. The van der Waals surface area contributed by atoms with Gasteiger partial charge in [-0.15, -0.1) is 0 Å². The first kappa shape index (κ1) is 12.6. The lowest BCUT2D eigenvalue weighted by molar-refractivity contribution is 0.313. The Balaban J connectivity index is 1.66. The van der Waals surface area contributed by atoms with Crippen molar-refractivity contribution in [2.75, 3.05) is 13.2 Å². The first-order chi connectivity index (χ1) is 8.75. The van der Waals surface area contributed by atoms with Crippen molar-refractivity contribution in [1.82, 2.24) is 15.5 Å². The van der Waals surface area contributed by atoms with Crippen LogP contribution in [0.4, 0.5) is 0 Å². The van der Waals surface area contributed by atoms with Crippen molar-refractivity contribution < 1.29 is 4.74 Å². The number of nitrogens with one attached hydrogen (secondary N) is 2. The molecule has 0 saturated carbocycles. The zero-order chi connectivity index (χ0) is 12.8. The number of aromatic nitrogens is 2. The van der Waals surface area contributed by atoms with Gasteiger partial charge < -0.3 is 10.1 Å². The predicted octanol–water partition coefficient (Wildman–Crippen LogP) is 2.20. The highest BCUT2D eigenvalue weighted by Gasteiger charge is 1.99. The Kier molecular flexibility index (Phi) is 4.36. The molecular weight excluding hydrogens is 226 g/mol. The van der Waals surface area contributed by atoms with Crippen LogP contribution in [0.3, 0.4) is 0 Å². The van der Waals surface area contributed by atoms with Crippen LogP contribution >= 0.6 is 0 Å². The molecule has 2 aromatic rings. The Morgan fingerprint density at radius 1 is 1.33 bits per heavy atom. The fraction of sp³-hybridized carbons (Fsp3) is 0.357. The maximum Gasteiger partial charge on any atom is 0.119 e. The Morgan fingerprint density at radius 2 is 2.22 bits per heavy atom. The lowest BCUT2D eigenvalue weighted by Gasteiger charge is -2.07. The van der Waals surface area contributed by atoms with Crippen LogP contribution in [0.2, 0.25) is 0 Å². The quantitative estimate of drug-likeness (QED) is 0.767.